The smallest absolute Gasteiger partial charge is 0.345 e. The summed E-state index contributed by atoms with van der Waals surface area (Å²) in [5, 5.41) is 0.109. The second-order valence-corrected chi connectivity index (χ2v) is 10.4. The fourth-order valence-electron chi connectivity index (χ4n) is 4.20. The van der Waals surface area contributed by atoms with Crippen molar-refractivity contribution < 1.29 is 33.3 Å². The van der Waals surface area contributed by atoms with Crippen molar-refractivity contribution >= 4 is 29.5 Å². The van der Waals surface area contributed by atoms with Crippen LogP contribution in [0.1, 0.15) is 84.6 Å². The van der Waals surface area contributed by atoms with Gasteiger partial charge in [0.1, 0.15) is 17.2 Å². The van der Waals surface area contributed by atoms with Crippen molar-refractivity contribution in [2.45, 2.75) is 64.7 Å². The Bertz CT molecular complexity index is 1330. The molecule has 0 aliphatic carbocycles. The molecule has 3 aromatic carbocycles. The molecule has 0 aliphatic rings. The largest absolute Gasteiger partial charge is 0.494 e. The molecule has 3 rings (SSSR count). The molecule has 0 fully saturated rings. The van der Waals surface area contributed by atoms with E-state index in [0.717, 1.165) is 18.9 Å². The van der Waals surface area contributed by atoms with Crippen LogP contribution >= 0.6 is 11.6 Å². The number of rotatable bonds is 18. The highest BCUT2D eigenvalue weighted by atomic mass is 35.5. The Labute approximate surface area is 258 Å². The van der Waals surface area contributed by atoms with Gasteiger partial charge >= 0.3 is 17.9 Å². The lowest BCUT2D eigenvalue weighted by Gasteiger charge is -2.10. The fourth-order valence-corrected chi connectivity index (χ4v) is 4.45. The zero-order chi connectivity index (χ0) is 30.9. The van der Waals surface area contributed by atoms with Gasteiger partial charge in [0.25, 0.3) is 0 Å². The zero-order valence-electron chi connectivity index (χ0n) is 24.6. The molecule has 43 heavy (non-hydrogen) atoms. The zero-order valence-corrected chi connectivity index (χ0v) is 25.4. The predicted molar refractivity (Wildman–Crippen MR) is 167 cm³/mol. The molecule has 0 amide bonds. The third-order valence-corrected chi connectivity index (χ3v) is 6.95. The van der Waals surface area contributed by atoms with Gasteiger partial charge in [-0.2, -0.15) is 0 Å². The summed E-state index contributed by atoms with van der Waals surface area (Å²) in [5.41, 5.74) is 1.70. The number of carbonyl (C=O) groups excluding carboxylic acids is 3. The van der Waals surface area contributed by atoms with Crippen LogP contribution in [0.3, 0.4) is 0 Å². The molecule has 0 spiro atoms. The third-order valence-electron chi connectivity index (χ3n) is 6.63. The van der Waals surface area contributed by atoms with E-state index in [9.17, 15) is 14.4 Å². The lowest BCUT2D eigenvalue weighted by molar-refractivity contribution is -0.137. The SMILES string of the molecule is C=CC(=O)OCCCCOc1ccc(C(=O)Oc2ccc(C(=O)Oc3ccc(CCCCCCCC)cc3)c(Cl)c2)cc1. The molecule has 0 radical (unpaired) electrons. The van der Waals surface area contributed by atoms with Crippen molar-refractivity contribution in [1.29, 1.82) is 0 Å². The topological polar surface area (TPSA) is 88.1 Å². The number of hydrogen-bond acceptors (Lipinski definition) is 7. The molecule has 7 nitrogen and oxygen atoms in total. The Morgan fingerprint density at radius 1 is 0.721 bits per heavy atom. The molecular weight excluding hydrogens is 568 g/mol. The van der Waals surface area contributed by atoms with E-state index in [-0.39, 0.29) is 16.3 Å². The maximum Gasteiger partial charge on any atom is 0.345 e. The van der Waals surface area contributed by atoms with Crippen LogP contribution in [-0.4, -0.2) is 31.1 Å². The van der Waals surface area contributed by atoms with Crippen LogP contribution in [0.4, 0.5) is 0 Å². The Kier molecular flexibility index (Phi) is 14.3. The first-order valence-corrected chi connectivity index (χ1v) is 15.1. The van der Waals surface area contributed by atoms with E-state index in [2.05, 4.69) is 13.5 Å². The Balaban J connectivity index is 1.43. The van der Waals surface area contributed by atoms with E-state index in [0.29, 0.717) is 43.1 Å². The average molecular weight is 607 g/mol. The molecular formula is C35H39ClO7. The van der Waals surface area contributed by atoms with Crippen molar-refractivity contribution in [3.8, 4) is 17.2 Å². The van der Waals surface area contributed by atoms with Gasteiger partial charge in [-0.25, -0.2) is 14.4 Å². The molecule has 3 aromatic rings. The molecule has 0 unspecified atom stereocenters. The molecule has 228 valence electrons. The summed E-state index contributed by atoms with van der Waals surface area (Å²) < 4.78 is 21.5. The number of esters is 3. The second-order valence-electron chi connectivity index (χ2n) is 10.0. The molecule has 0 N–H and O–H groups in total. The first-order chi connectivity index (χ1) is 20.9. The van der Waals surface area contributed by atoms with Gasteiger partial charge < -0.3 is 18.9 Å². The maximum absolute atomic E-state index is 12.7. The summed E-state index contributed by atoms with van der Waals surface area (Å²) in [6.07, 6.45) is 11.0. The van der Waals surface area contributed by atoms with Gasteiger partial charge in [-0.3, -0.25) is 0 Å². The summed E-state index contributed by atoms with van der Waals surface area (Å²) in [6.45, 7) is 6.30. The lowest BCUT2D eigenvalue weighted by atomic mass is 10.0. The van der Waals surface area contributed by atoms with Gasteiger partial charge in [-0.05, 0) is 79.8 Å². The van der Waals surface area contributed by atoms with E-state index in [1.165, 1.54) is 55.9 Å². The number of aryl methyl sites for hydroxylation is 1. The highest BCUT2D eigenvalue weighted by Crippen LogP contribution is 2.26. The first-order valence-electron chi connectivity index (χ1n) is 14.7. The summed E-state index contributed by atoms with van der Waals surface area (Å²) in [7, 11) is 0. The summed E-state index contributed by atoms with van der Waals surface area (Å²) in [6, 6.07) is 18.4. The summed E-state index contributed by atoms with van der Waals surface area (Å²) >= 11 is 6.33. The molecule has 0 aromatic heterocycles. The number of carbonyl (C=O) groups is 3. The third kappa shape index (κ3) is 12.0. The van der Waals surface area contributed by atoms with Crippen LogP contribution in [0, 0.1) is 0 Å². The summed E-state index contributed by atoms with van der Waals surface area (Å²) in [5.74, 6) is -0.395. The monoisotopic (exact) mass is 606 g/mol. The predicted octanol–water partition coefficient (Wildman–Crippen LogP) is 8.57. The van der Waals surface area contributed by atoms with Crippen LogP contribution in [0.2, 0.25) is 5.02 Å². The molecule has 8 heteroatoms. The van der Waals surface area contributed by atoms with Crippen LogP contribution in [-0.2, 0) is 16.0 Å². The van der Waals surface area contributed by atoms with Gasteiger partial charge in [0.15, 0.2) is 0 Å². The highest BCUT2D eigenvalue weighted by molar-refractivity contribution is 6.33. The number of hydrogen-bond donors (Lipinski definition) is 0. The van der Waals surface area contributed by atoms with Gasteiger partial charge in [-0.15, -0.1) is 0 Å². The van der Waals surface area contributed by atoms with Crippen molar-refractivity contribution in [2.75, 3.05) is 13.2 Å². The van der Waals surface area contributed by atoms with Crippen molar-refractivity contribution in [1.82, 2.24) is 0 Å². The van der Waals surface area contributed by atoms with E-state index in [1.807, 2.05) is 12.1 Å². The summed E-state index contributed by atoms with van der Waals surface area (Å²) in [4.78, 5) is 36.3. The Morgan fingerprint density at radius 3 is 2.05 bits per heavy atom. The van der Waals surface area contributed by atoms with Crippen molar-refractivity contribution in [2.24, 2.45) is 0 Å². The van der Waals surface area contributed by atoms with Gasteiger partial charge in [0.05, 0.1) is 29.4 Å². The minimum absolute atomic E-state index is 0.109. The minimum Gasteiger partial charge on any atom is -0.494 e. The number of unbranched alkanes of at least 4 members (excludes halogenated alkanes) is 6. The van der Waals surface area contributed by atoms with Gasteiger partial charge in [-0.1, -0.05) is 69.3 Å². The standard InChI is InChI=1S/C35H39ClO7/c1-3-5-6-7-8-9-12-26-13-17-29(18-14-26)42-35(39)31-22-21-30(25-32(31)36)43-34(38)27-15-19-28(20-16-27)40-23-10-11-24-41-33(37)4-2/h4,13-22,25H,2-3,5-12,23-24H2,1H3. The molecule has 0 atom stereocenters. The highest BCUT2D eigenvalue weighted by Gasteiger charge is 2.16. The van der Waals surface area contributed by atoms with Gasteiger partial charge in [0.2, 0.25) is 0 Å². The molecule has 0 saturated heterocycles. The average Bonchev–Trinajstić information content (AvgIpc) is 3.01. The van der Waals surface area contributed by atoms with Crippen LogP contribution in [0.15, 0.2) is 79.4 Å². The fraction of sp³-hybridized carbons (Fsp3) is 0.343. The molecule has 0 bridgehead atoms. The van der Waals surface area contributed by atoms with E-state index in [4.69, 9.17) is 30.5 Å². The quantitative estimate of drug-likeness (QED) is 0.0620. The van der Waals surface area contributed by atoms with Gasteiger partial charge in [0, 0.05) is 12.1 Å². The van der Waals surface area contributed by atoms with Crippen LogP contribution in [0.25, 0.3) is 0 Å². The number of ether oxygens (including phenoxy) is 4. The lowest BCUT2D eigenvalue weighted by Crippen LogP contribution is -2.11. The Hall–Kier alpha value is -4.10. The molecule has 0 aliphatic heterocycles. The van der Waals surface area contributed by atoms with E-state index < -0.39 is 17.9 Å². The maximum atomic E-state index is 12.7. The molecule has 0 heterocycles. The van der Waals surface area contributed by atoms with E-state index in [1.54, 1.807) is 36.4 Å². The Morgan fingerprint density at radius 2 is 1.35 bits per heavy atom. The second kappa shape index (κ2) is 18.4. The minimum atomic E-state index is -0.597. The van der Waals surface area contributed by atoms with Crippen LogP contribution < -0.4 is 14.2 Å². The van der Waals surface area contributed by atoms with Crippen LogP contribution in [0.5, 0.6) is 17.2 Å². The molecule has 0 saturated carbocycles. The number of halogens is 1. The van der Waals surface area contributed by atoms with Crippen molar-refractivity contribution in [3.05, 3.63) is 101 Å². The van der Waals surface area contributed by atoms with E-state index >= 15 is 0 Å². The normalized spacial score (nSPS) is 10.6. The number of benzene rings is 3. The van der Waals surface area contributed by atoms with Crippen molar-refractivity contribution in [3.63, 3.8) is 0 Å². The first kappa shape index (κ1) is 33.4.